The lowest BCUT2D eigenvalue weighted by molar-refractivity contribution is -0.140. The molecule has 0 spiro atoms. The molecule has 13 nitrogen and oxygen atoms in total. The molecule has 0 radical (unpaired) electrons. The molecular formula is C36H62N4O9. The smallest absolute Gasteiger partial charge is 0.224 e. The van der Waals surface area contributed by atoms with E-state index in [1.807, 2.05) is 0 Å². The number of hydrogen-bond donors (Lipinski definition) is 5. The summed E-state index contributed by atoms with van der Waals surface area (Å²) in [6, 6.07) is -2.74. The van der Waals surface area contributed by atoms with E-state index in [1.165, 1.54) is 40.5 Å². The maximum atomic E-state index is 13.3. The van der Waals surface area contributed by atoms with Gasteiger partial charge in [0.1, 0.15) is 11.8 Å². The minimum Gasteiger partial charge on any atom is -0.391 e. The molecule has 7 N–H and O–H groups in total. The Bertz CT molecular complexity index is 1110. The summed E-state index contributed by atoms with van der Waals surface area (Å²) in [6.45, 7) is 8.24. The Hall–Kier alpha value is -3.32. The molecule has 0 saturated carbocycles. The van der Waals surface area contributed by atoms with E-state index in [1.54, 1.807) is 0 Å². The molecule has 0 bridgehead atoms. The molecule has 49 heavy (non-hydrogen) atoms. The third-order valence-corrected chi connectivity index (χ3v) is 8.65. The Kier molecular flexibility index (Phi) is 23.9. The van der Waals surface area contributed by atoms with E-state index in [0.29, 0.717) is 32.2 Å². The predicted octanol–water partition coefficient (Wildman–Crippen LogP) is 2.80. The maximum absolute atomic E-state index is 13.3. The summed E-state index contributed by atoms with van der Waals surface area (Å²) in [6.07, 6.45) is 6.76. The van der Waals surface area contributed by atoms with Crippen molar-refractivity contribution in [1.29, 1.82) is 0 Å². The molecule has 0 fully saturated rings. The van der Waals surface area contributed by atoms with Crippen molar-refractivity contribution in [3.05, 3.63) is 0 Å². The minimum absolute atomic E-state index is 0.0118. The lowest BCUT2D eigenvalue weighted by Crippen LogP contribution is -2.51. The summed E-state index contributed by atoms with van der Waals surface area (Å²) in [7, 11) is 0. The highest BCUT2D eigenvalue weighted by Gasteiger charge is 2.33. The largest absolute Gasteiger partial charge is 0.391 e. The molecule has 0 aliphatic rings. The summed E-state index contributed by atoms with van der Waals surface area (Å²) in [5.74, 6) is -7.63. The van der Waals surface area contributed by atoms with E-state index in [4.69, 9.17) is 11.5 Å². The van der Waals surface area contributed by atoms with Crippen molar-refractivity contribution in [2.45, 2.75) is 156 Å². The van der Waals surface area contributed by atoms with Crippen LogP contribution in [-0.2, 0) is 38.4 Å². The van der Waals surface area contributed by atoms with Crippen LogP contribution in [0.25, 0.3) is 0 Å². The highest BCUT2D eigenvalue weighted by molar-refractivity contribution is 6.38. The first-order valence-corrected chi connectivity index (χ1v) is 18.0. The van der Waals surface area contributed by atoms with E-state index in [-0.39, 0.29) is 18.6 Å². The highest BCUT2D eigenvalue weighted by Crippen LogP contribution is 2.19. The number of hydrogen-bond acceptors (Lipinski definition) is 10. The summed E-state index contributed by atoms with van der Waals surface area (Å²) in [5.41, 5.74) is 10.9. The summed E-state index contributed by atoms with van der Waals surface area (Å²) < 4.78 is 0. The molecule has 0 aromatic heterocycles. The van der Waals surface area contributed by atoms with Gasteiger partial charge in [0.2, 0.25) is 23.5 Å². The summed E-state index contributed by atoms with van der Waals surface area (Å²) in [4.78, 5) is 101. The standard InChI is InChI=1S/C36H62N4O9/c1-6-8-9-10-11-12-13-17-27(42)21-26(16-14-15-18-37)36(49)40-33(25(5)41)31(45)20-24(4)35(48)39-28(22-32(38)46)30(44)19-23(3)34(47)29(43)7-2/h23-26,28,33,41H,6-22,37H2,1-5H3,(H2,38,46)(H,39,48)(H,40,49)/t23?,24-,25-,26-,28+,33+/m1/s1. The van der Waals surface area contributed by atoms with Crippen molar-refractivity contribution in [1.82, 2.24) is 10.6 Å². The molecule has 0 saturated heterocycles. The van der Waals surface area contributed by atoms with Crippen LogP contribution in [0.1, 0.15) is 137 Å². The molecule has 280 valence electrons. The third kappa shape index (κ3) is 19.5. The zero-order valence-corrected chi connectivity index (χ0v) is 30.4. The Morgan fingerprint density at radius 2 is 1.27 bits per heavy atom. The van der Waals surface area contributed by atoms with E-state index in [0.717, 1.165) is 32.1 Å². The predicted molar refractivity (Wildman–Crippen MR) is 186 cm³/mol. The maximum Gasteiger partial charge on any atom is 0.224 e. The Morgan fingerprint density at radius 1 is 0.673 bits per heavy atom. The van der Waals surface area contributed by atoms with Gasteiger partial charge in [-0.05, 0) is 32.7 Å². The normalized spacial score (nSPS) is 14.8. The molecule has 0 rings (SSSR count). The van der Waals surface area contributed by atoms with Gasteiger partial charge in [0.05, 0.1) is 18.6 Å². The number of aliphatic hydroxyl groups excluding tert-OH is 1. The number of aliphatic hydroxyl groups is 1. The van der Waals surface area contributed by atoms with E-state index < -0.39 is 96.1 Å². The SMILES string of the molecule is CCCCCCCCCC(=O)C[C@@H](CCCCN)C(=O)N[C@H](C(=O)C[C@@H](C)C(=O)N[C@@H](CC(N)=O)C(=O)CC(C)C(=O)C(=O)CC)[C@@H](C)O. The Labute approximate surface area is 291 Å². The van der Waals surface area contributed by atoms with Crippen LogP contribution in [0.4, 0.5) is 0 Å². The van der Waals surface area contributed by atoms with Gasteiger partial charge in [0.15, 0.2) is 17.3 Å². The molecule has 0 aliphatic heterocycles. The first-order valence-electron chi connectivity index (χ1n) is 18.0. The lowest BCUT2D eigenvalue weighted by Gasteiger charge is -2.25. The zero-order valence-electron chi connectivity index (χ0n) is 30.4. The molecule has 0 heterocycles. The quantitative estimate of drug-likeness (QED) is 0.0545. The van der Waals surface area contributed by atoms with Gasteiger partial charge >= 0.3 is 0 Å². The van der Waals surface area contributed by atoms with Crippen LogP contribution in [0.15, 0.2) is 0 Å². The molecule has 0 aliphatic carbocycles. The van der Waals surface area contributed by atoms with Gasteiger partial charge in [-0.2, -0.15) is 0 Å². The van der Waals surface area contributed by atoms with Gasteiger partial charge in [-0.1, -0.05) is 72.6 Å². The van der Waals surface area contributed by atoms with Crippen molar-refractivity contribution in [3.8, 4) is 0 Å². The topological polar surface area (TPSA) is 233 Å². The number of ketones is 5. The molecule has 3 amide bonds. The number of carbonyl (C=O) groups is 8. The van der Waals surface area contributed by atoms with Crippen molar-refractivity contribution < 1.29 is 43.5 Å². The first-order chi connectivity index (χ1) is 23.1. The van der Waals surface area contributed by atoms with Crippen LogP contribution >= 0.6 is 0 Å². The Morgan fingerprint density at radius 3 is 1.82 bits per heavy atom. The molecule has 13 heteroatoms. The van der Waals surface area contributed by atoms with E-state index >= 15 is 0 Å². The monoisotopic (exact) mass is 694 g/mol. The molecule has 0 aromatic rings. The fraction of sp³-hybridized carbons (Fsp3) is 0.778. The molecule has 0 aromatic carbocycles. The number of unbranched alkanes of at least 4 members (excludes halogenated alkanes) is 7. The van der Waals surface area contributed by atoms with Gasteiger partial charge in [-0.3, -0.25) is 38.4 Å². The summed E-state index contributed by atoms with van der Waals surface area (Å²) in [5, 5.41) is 15.4. The molecule has 6 atom stereocenters. The van der Waals surface area contributed by atoms with Crippen LogP contribution in [0.3, 0.4) is 0 Å². The number of amides is 3. The van der Waals surface area contributed by atoms with E-state index in [9.17, 15) is 43.5 Å². The van der Waals surface area contributed by atoms with Crippen molar-refractivity contribution in [2.75, 3.05) is 6.54 Å². The number of nitrogens with one attached hydrogen (secondary N) is 2. The number of rotatable bonds is 30. The van der Waals surface area contributed by atoms with Crippen LogP contribution in [-0.4, -0.2) is 76.5 Å². The van der Waals surface area contributed by atoms with Crippen molar-refractivity contribution >= 4 is 46.6 Å². The number of Topliss-reactive ketones (excluding diaryl/α,β-unsaturated/α-hetero) is 5. The van der Waals surface area contributed by atoms with Crippen molar-refractivity contribution in [2.24, 2.45) is 29.2 Å². The van der Waals surface area contributed by atoms with Gasteiger partial charge in [0.25, 0.3) is 0 Å². The first kappa shape index (κ1) is 45.7. The van der Waals surface area contributed by atoms with Crippen LogP contribution in [0, 0.1) is 17.8 Å². The van der Waals surface area contributed by atoms with Crippen molar-refractivity contribution in [3.63, 3.8) is 0 Å². The van der Waals surface area contributed by atoms with Gasteiger partial charge in [-0.15, -0.1) is 0 Å². The van der Waals surface area contributed by atoms with Gasteiger partial charge < -0.3 is 27.2 Å². The number of nitrogens with two attached hydrogens (primary N) is 2. The van der Waals surface area contributed by atoms with Gasteiger partial charge in [0, 0.05) is 49.9 Å². The number of carbonyl (C=O) groups excluding carboxylic acids is 8. The van der Waals surface area contributed by atoms with E-state index in [2.05, 4.69) is 17.6 Å². The fourth-order valence-corrected chi connectivity index (χ4v) is 5.53. The molecular weight excluding hydrogens is 632 g/mol. The van der Waals surface area contributed by atoms with Crippen LogP contribution < -0.4 is 22.1 Å². The number of primary amides is 1. The third-order valence-electron chi connectivity index (χ3n) is 8.65. The van der Waals surface area contributed by atoms with Crippen LogP contribution in [0.5, 0.6) is 0 Å². The fourth-order valence-electron chi connectivity index (χ4n) is 5.53. The highest BCUT2D eigenvalue weighted by atomic mass is 16.3. The van der Waals surface area contributed by atoms with Gasteiger partial charge in [-0.25, -0.2) is 0 Å². The Balaban J connectivity index is 5.45. The lowest BCUT2D eigenvalue weighted by atomic mass is 9.91. The second-order valence-electron chi connectivity index (χ2n) is 13.3. The average molecular weight is 695 g/mol. The second kappa shape index (κ2) is 25.6. The zero-order chi connectivity index (χ0) is 37.5. The van der Waals surface area contributed by atoms with Crippen LogP contribution in [0.2, 0.25) is 0 Å². The second-order valence-corrected chi connectivity index (χ2v) is 13.3. The average Bonchev–Trinajstić information content (AvgIpc) is 3.04. The molecule has 1 unspecified atom stereocenters. The minimum atomic E-state index is -1.38. The summed E-state index contributed by atoms with van der Waals surface area (Å²) >= 11 is 0.